The number of unbranched alkanes of at least 4 members (excludes halogenated alkanes) is 4. The lowest BCUT2D eigenvalue weighted by atomic mass is 9.75. The number of halogens is 4. The van der Waals surface area contributed by atoms with Crippen LogP contribution in [0, 0.1) is 5.41 Å². The first-order valence-corrected chi connectivity index (χ1v) is 22.5. The highest BCUT2D eigenvalue weighted by Crippen LogP contribution is 2.41. The molecular formula is C52H63BF4N2O2. The second kappa shape index (κ2) is 20.7. The van der Waals surface area contributed by atoms with Crippen LogP contribution in [0.15, 0.2) is 108 Å². The molecule has 4 aromatic carbocycles. The second-order valence-electron chi connectivity index (χ2n) is 17.2. The molecule has 1 aliphatic carbocycles. The van der Waals surface area contributed by atoms with Gasteiger partial charge in [-0.3, -0.25) is 0 Å². The fourth-order valence-electron chi connectivity index (χ4n) is 8.78. The Morgan fingerprint density at radius 3 is 1.97 bits per heavy atom. The molecule has 7 rings (SSSR count). The molecule has 9 heteroatoms. The summed E-state index contributed by atoms with van der Waals surface area (Å²) in [7, 11) is -6.00. The Balaban J connectivity index is 0.00000118. The van der Waals surface area contributed by atoms with Gasteiger partial charge in [0.1, 0.15) is 18.0 Å². The van der Waals surface area contributed by atoms with Crippen LogP contribution in [0.2, 0.25) is 0 Å². The van der Waals surface area contributed by atoms with Gasteiger partial charge in [0.2, 0.25) is 11.4 Å². The Hall–Kier alpha value is -5.05. The van der Waals surface area contributed by atoms with Gasteiger partial charge in [-0.2, -0.15) is 4.58 Å². The van der Waals surface area contributed by atoms with Crippen molar-refractivity contribution in [1.29, 1.82) is 0 Å². The predicted octanol–water partition coefficient (Wildman–Crippen LogP) is 14.6. The number of allylic oxidation sites excluding steroid dienone is 8. The average Bonchev–Trinajstić information content (AvgIpc) is 3.69. The average molecular weight is 835 g/mol. The van der Waals surface area contributed by atoms with Gasteiger partial charge in [0, 0.05) is 57.5 Å². The zero-order valence-electron chi connectivity index (χ0n) is 37.0. The first-order chi connectivity index (χ1) is 29.4. The van der Waals surface area contributed by atoms with Crippen LogP contribution in [0.25, 0.3) is 38.5 Å². The Labute approximate surface area is 360 Å². The number of hydrogen-bond donors (Lipinski definition) is 0. The first-order valence-electron chi connectivity index (χ1n) is 22.5. The fourth-order valence-corrected chi connectivity index (χ4v) is 8.78. The molecule has 0 radical (unpaired) electrons. The molecular weight excluding hydrogens is 771 g/mol. The number of benzene rings is 4. The maximum absolute atomic E-state index is 9.75. The quantitative estimate of drug-likeness (QED) is 0.0380. The topological polar surface area (TPSA) is 26.4 Å². The molecule has 0 saturated carbocycles. The molecule has 0 N–H and O–H groups in total. The monoisotopic (exact) mass is 834 g/mol. The molecule has 0 bridgehead atoms. The van der Waals surface area contributed by atoms with Crippen molar-refractivity contribution in [3.63, 3.8) is 0 Å². The van der Waals surface area contributed by atoms with Crippen LogP contribution in [0.5, 0.6) is 11.5 Å². The molecule has 5 aromatic rings. The Morgan fingerprint density at radius 2 is 1.30 bits per heavy atom. The molecule has 4 nitrogen and oxygen atoms in total. The highest BCUT2D eigenvalue weighted by molar-refractivity contribution is 6.50. The Kier molecular flexibility index (Phi) is 15.4. The van der Waals surface area contributed by atoms with Gasteiger partial charge in [0.15, 0.2) is 0 Å². The van der Waals surface area contributed by atoms with Crippen molar-refractivity contribution < 1.29 is 31.3 Å². The largest absolute Gasteiger partial charge is 0.673 e. The molecule has 0 saturated heterocycles. The van der Waals surface area contributed by atoms with Crippen molar-refractivity contribution >= 4 is 57.2 Å². The number of rotatable bonds is 18. The van der Waals surface area contributed by atoms with Crippen molar-refractivity contribution in [3.8, 4) is 11.5 Å². The molecule has 1 aromatic heterocycles. The summed E-state index contributed by atoms with van der Waals surface area (Å²) >= 11 is 0. The molecule has 0 spiro atoms. The summed E-state index contributed by atoms with van der Waals surface area (Å²) in [5, 5.41) is 7.66. The third-order valence-corrected chi connectivity index (χ3v) is 11.5. The van der Waals surface area contributed by atoms with Gasteiger partial charge in [0.05, 0.1) is 24.2 Å². The van der Waals surface area contributed by atoms with E-state index in [1.54, 1.807) is 0 Å². The van der Waals surface area contributed by atoms with E-state index in [2.05, 4.69) is 154 Å². The summed E-state index contributed by atoms with van der Waals surface area (Å²) in [5.74, 6) is 2.00. The number of aromatic nitrogens is 1. The van der Waals surface area contributed by atoms with E-state index in [0.29, 0.717) is 0 Å². The highest BCUT2D eigenvalue weighted by Gasteiger charge is 2.31. The van der Waals surface area contributed by atoms with E-state index < -0.39 is 7.25 Å². The third-order valence-electron chi connectivity index (χ3n) is 11.5. The fraction of sp³-hybridized carbons (Fsp3) is 0.404. The van der Waals surface area contributed by atoms with Crippen LogP contribution >= 0.6 is 0 Å². The first kappa shape index (κ1) is 45.5. The number of nitrogens with zero attached hydrogens (tertiary/aromatic N) is 2. The Morgan fingerprint density at radius 1 is 0.689 bits per heavy atom. The van der Waals surface area contributed by atoms with E-state index in [0.717, 1.165) is 102 Å². The molecule has 0 fully saturated rings. The summed E-state index contributed by atoms with van der Waals surface area (Å²) in [6, 6.07) is 22.3. The molecule has 0 amide bonds. The van der Waals surface area contributed by atoms with Crippen LogP contribution in [-0.2, 0) is 6.54 Å². The summed E-state index contributed by atoms with van der Waals surface area (Å²) in [6.45, 7) is 17.3. The highest BCUT2D eigenvalue weighted by atomic mass is 19.5. The minimum absolute atomic E-state index is 0.182. The van der Waals surface area contributed by atoms with E-state index in [1.165, 1.54) is 65.9 Å². The van der Waals surface area contributed by atoms with E-state index in [1.807, 2.05) is 0 Å². The molecule has 324 valence electrons. The minimum atomic E-state index is -6.00. The SMILES string of the molecule is CCCCOc1ccc2c3c(cccc13)C(/C=C/C=C1C=C(/C=C/C=c3\c4cccc5c(OCCCC)ccc(c54)n3CCCC)CC(C)(C)C\1)=[N+]2CCCC.F[B-](F)(F)F. The maximum atomic E-state index is 9.75. The van der Waals surface area contributed by atoms with E-state index in [-0.39, 0.29) is 5.41 Å². The molecule has 61 heavy (non-hydrogen) atoms. The zero-order valence-corrected chi connectivity index (χ0v) is 37.0. The van der Waals surface area contributed by atoms with Crippen LogP contribution in [0.4, 0.5) is 23.0 Å². The van der Waals surface area contributed by atoms with Crippen LogP contribution in [-0.4, -0.2) is 41.9 Å². The lowest BCUT2D eigenvalue weighted by Crippen LogP contribution is -2.17. The lowest BCUT2D eigenvalue weighted by Gasteiger charge is -2.30. The molecule has 1 aliphatic heterocycles. The number of aryl methyl sites for hydroxylation is 1. The van der Waals surface area contributed by atoms with Gasteiger partial charge in [-0.15, -0.1) is 0 Å². The van der Waals surface area contributed by atoms with Gasteiger partial charge in [-0.25, -0.2) is 0 Å². The molecule has 0 unspecified atom stereocenters. The van der Waals surface area contributed by atoms with Crippen molar-refractivity contribution in [3.05, 3.63) is 119 Å². The standard InChI is InChI=1S/C52H63N2O2.BF4/c1-7-11-31-53-44(40-21-17-23-42-48(55-33-13-9-3)29-27-46(53)50(40)42)25-15-19-38-35-39(37-52(5,6)36-38)20-16-26-45-41-22-18-24-43-49(56-34-14-10-4)30-28-47(51(41)43)54(45)32-12-8-2;2-1(3,4)5/h15-30,35H,7-14,31-34,36-37H2,1-6H3;/q+1;-1. The summed E-state index contributed by atoms with van der Waals surface area (Å²) in [6.07, 6.45) is 27.5. The zero-order chi connectivity index (χ0) is 43.6. The van der Waals surface area contributed by atoms with Gasteiger partial charge in [-0.05, 0) is 79.0 Å². The van der Waals surface area contributed by atoms with Gasteiger partial charge >= 0.3 is 7.25 Å². The van der Waals surface area contributed by atoms with Crippen LogP contribution < -0.4 is 14.8 Å². The predicted molar refractivity (Wildman–Crippen MR) is 250 cm³/mol. The van der Waals surface area contributed by atoms with Gasteiger partial charge in [-0.1, -0.05) is 128 Å². The van der Waals surface area contributed by atoms with E-state index in [9.17, 15) is 17.3 Å². The van der Waals surface area contributed by atoms with E-state index >= 15 is 0 Å². The van der Waals surface area contributed by atoms with Crippen molar-refractivity contribution in [2.75, 3.05) is 19.8 Å². The Bertz CT molecular complexity index is 2520. The number of ether oxygens (including phenoxy) is 2. The summed E-state index contributed by atoms with van der Waals surface area (Å²) in [4.78, 5) is 0. The van der Waals surface area contributed by atoms with Gasteiger partial charge in [0.25, 0.3) is 0 Å². The van der Waals surface area contributed by atoms with Crippen LogP contribution in [0.3, 0.4) is 0 Å². The van der Waals surface area contributed by atoms with Gasteiger partial charge < -0.3 is 31.3 Å². The van der Waals surface area contributed by atoms with Crippen LogP contribution in [0.1, 0.15) is 111 Å². The molecule has 2 heterocycles. The molecule has 0 atom stereocenters. The van der Waals surface area contributed by atoms with Crippen molar-refractivity contribution in [2.24, 2.45) is 5.41 Å². The van der Waals surface area contributed by atoms with Crippen molar-refractivity contribution in [2.45, 2.75) is 112 Å². The summed E-state index contributed by atoms with van der Waals surface area (Å²) < 4.78 is 56.6. The number of hydrogen-bond acceptors (Lipinski definition) is 2. The lowest BCUT2D eigenvalue weighted by molar-refractivity contribution is -0.436. The normalized spacial score (nSPS) is 16.2. The smallest absolute Gasteiger partial charge is 0.493 e. The molecule has 2 aliphatic rings. The minimum Gasteiger partial charge on any atom is -0.493 e. The maximum Gasteiger partial charge on any atom is 0.673 e. The third kappa shape index (κ3) is 11.3. The second-order valence-corrected chi connectivity index (χ2v) is 17.2. The summed E-state index contributed by atoms with van der Waals surface area (Å²) in [5.41, 5.74) is 8.13. The van der Waals surface area contributed by atoms with E-state index in [4.69, 9.17) is 9.47 Å². The van der Waals surface area contributed by atoms with Crippen molar-refractivity contribution in [1.82, 2.24) is 4.57 Å².